The van der Waals surface area contributed by atoms with E-state index in [1.54, 1.807) is 12.1 Å². The maximum absolute atomic E-state index is 12.9. The Hall–Kier alpha value is -1.33. The van der Waals surface area contributed by atoms with E-state index >= 15 is 0 Å². The number of anilines is 1. The summed E-state index contributed by atoms with van der Waals surface area (Å²) in [5, 5.41) is 2.90. The first-order chi connectivity index (χ1) is 9.19. The number of halogens is 2. The first kappa shape index (κ1) is 16.7. The van der Waals surface area contributed by atoms with Crippen LogP contribution < -0.4 is 16.0 Å². The van der Waals surface area contributed by atoms with Gasteiger partial charge in [0.05, 0.1) is 0 Å². The van der Waals surface area contributed by atoms with Gasteiger partial charge >= 0.3 is 0 Å². The van der Waals surface area contributed by atoms with Crippen LogP contribution in [-0.4, -0.2) is 32.1 Å². The molecule has 0 aliphatic carbocycles. The molecule has 2 rings (SSSR count). The van der Waals surface area contributed by atoms with Crippen molar-refractivity contribution in [1.29, 1.82) is 0 Å². The van der Waals surface area contributed by atoms with E-state index in [4.69, 9.17) is 5.73 Å². The molecule has 0 aromatic heterocycles. The summed E-state index contributed by atoms with van der Waals surface area (Å²) >= 11 is 0. The second-order valence-electron chi connectivity index (χ2n) is 4.92. The lowest BCUT2D eigenvalue weighted by Crippen LogP contribution is -2.32. The minimum absolute atomic E-state index is 0. The Labute approximate surface area is 124 Å². The molecule has 1 aromatic rings. The topological polar surface area (TPSA) is 58.4 Å². The van der Waals surface area contributed by atoms with E-state index in [0.717, 1.165) is 25.2 Å². The molecule has 112 valence electrons. The monoisotopic (exact) mass is 301 g/mol. The number of nitrogens with zero attached hydrogens (tertiary/aromatic N) is 1. The summed E-state index contributed by atoms with van der Waals surface area (Å²) in [6.45, 7) is 2.92. The van der Waals surface area contributed by atoms with E-state index in [1.165, 1.54) is 12.1 Å². The SMILES string of the molecule is Cl.NCCC(=O)NCC1CCN(c2ccc(F)cc2)C1. The molecule has 1 aliphatic heterocycles. The zero-order valence-electron chi connectivity index (χ0n) is 11.3. The molecule has 0 spiro atoms. The van der Waals surface area contributed by atoms with Gasteiger partial charge in [-0.2, -0.15) is 0 Å². The van der Waals surface area contributed by atoms with Gasteiger partial charge in [-0.05, 0) is 36.6 Å². The van der Waals surface area contributed by atoms with Crippen molar-refractivity contribution in [3.63, 3.8) is 0 Å². The van der Waals surface area contributed by atoms with E-state index in [2.05, 4.69) is 10.2 Å². The first-order valence-corrected chi connectivity index (χ1v) is 6.66. The number of hydrogen-bond acceptors (Lipinski definition) is 3. The maximum Gasteiger partial charge on any atom is 0.221 e. The second kappa shape index (κ2) is 8.07. The van der Waals surface area contributed by atoms with Crippen molar-refractivity contribution in [2.75, 3.05) is 31.1 Å². The molecule has 1 atom stereocenters. The molecule has 1 saturated heterocycles. The Morgan fingerprint density at radius 3 is 2.75 bits per heavy atom. The molecule has 1 heterocycles. The standard InChI is InChI=1S/C14H20FN3O.ClH/c15-12-1-3-13(4-2-12)18-8-6-11(10-18)9-17-14(19)5-7-16;/h1-4,11H,5-10,16H2,(H,17,19);1H. The summed E-state index contributed by atoms with van der Waals surface area (Å²) in [5.41, 5.74) is 6.36. The number of hydrogen-bond donors (Lipinski definition) is 2. The van der Waals surface area contributed by atoms with Crippen molar-refractivity contribution in [2.24, 2.45) is 11.7 Å². The second-order valence-corrected chi connectivity index (χ2v) is 4.92. The lowest BCUT2D eigenvalue weighted by molar-refractivity contribution is -0.121. The Morgan fingerprint density at radius 2 is 2.10 bits per heavy atom. The van der Waals surface area contributed by atoms with Crippen LogP contribution in [0.5, 0.6) is 0 Å². The summed E-state index contributed by atoms with van der Waals surface area (Å²) in [4.78, 5) is 13.6. The van der Waals surface area contributed by atoms with E-state index in [-0.39, 0.29) is 24.1 Å². The molecule has 1 fully saturated rings. The molecule has 1 aliphatic rings. The van der Waals surface area contributed by atoms with Crippen LogP contribution in [0.25, 0.3) is 0 Å². The van der Waals surface area contributed by atoms with Crippen molar-refractivity contribution in [1.82, 2.24) is 5.32 Å². The van der Waals surface area contributed by atoms with Gasteiger partial charge in [0, 0.05) is 38.3 Å². The Morgan fingerprint density at radius 1 is 1.40 bits per heavy atom. The Kier molecular flexibility index (Phi) is 6.75. The fourth-order valence-corrected chi connectivity index (χ4v) is 2.36. The predicted octanol–water partition coefficient (Wildman–Crippen LogP) is 1.54. The molecule has 1 unspecified atom stereocenters. The van der Waals surface area contributed by atoms with Gasteiger partial charge in [0.15, 0.2) is 0 Å². The van der Waals surface area contributed by atoms with Crippen LogP contribution in [0.1, 0.15) is 12.8 Å². The molecule has 3 N–H and O–H groups in total. The molecular formula is C14H21ClFN3O. The van der Waals surface area contributed by atoms with E-state index in [9.17, 15) is 9.18 Å². The van der Waals surface area contributed by atoms with Crippen molar-refractivity contribution in [2.45, 2.75) is 12.8 Å². The van der Waals surface area contributed by atoms with Crippen molar-refractivity contribution in [3.8, 4) is 0 Å². The number of amides is 1. The molecule has 1 aromatic carbocycles. The molecule has 20 heavy (non-hydrogen) atoms. The molecule has 1 amide bonds. The zero-order chi connectivity index (χ0) is 13.7. The quantitative estimate of drug-likeness (QED) is 0.867. The van der Waals surface area contributed by atoms with Crippen LogP contribution in [0.3, 0.4) is 0 Å². The minimum Gasteiger partial charge on any atom is -0.371 e. The Balaban J connectivity index is 0.00000200. The highest BCUT2D eigenvalue weighted by atomic mass is 35.5. The number of benzene rings is 1. The van der Waals surface area contributed by atoms with Gasteiger partial charge in [0.2, 0.25) is 5.91 Å². The number of carbonyl (C=O) groups is 1. The fraction of sp³-hybridized carbons (Fsp3) is 0.500. The minimum atomic E-state index is -0.214. The summed E-state index contributed by atoms with van der Waals surface area (Å²) in [7, 11) is 0. The van der Waals surface area contributed by atoms with Gasteiger partial charge in [-0.15, -0.1) is 12.4 Å². The average Bonchev–Trinajstić information content (AvgIpc) is 2.86. The highest BCUT2D eigenvalue weighted by Gasteiger charge is 2.22. The van der Waals surface area contributed by atoms with E-state index in [0.29, 0.717) is 25.4 Å². The normalized spacial score (nSPS) is 17.7. The summed E-state index contributed by atoms with van der Waals surface area (Å²) in [6.07, 6.45) is 1.43. The molecule has 0 bridgehead atoms. The van der Waals surface area contributed by atoms with Crippen molar-refractivity contribution < 1.29 is 9.18 Å². The third-order valence-electron chi connectivity index (χ3n) is 3.44. The molecule has 0 radical (unpaired) electrons. The molecule has 6 heteroatoms. The van der Waals surface area contributed by atoms with Gasteiger partial charge < -0.3 is 16.0 Å². The number of nitrogens with two attached hydrogens (primary N) is 1. The molecular weight excluding hydrogens is 281 g/mol. The van der Waals surface area contributed by atoms with Gasteiger partial charge in [0.1, 0.15) is 5.82 Å². The van der Waals surface area contributed by atoms with Crippen LogP contribution in [0, 0.1) is 11.7 Å². The highest BCUT2D eigenvalue weighted by molar-refractivity contribution is 5.85. The van der Waals surface area contributed by atoms with Crippen LogP contribution in [0.2, 0.25) is 0 Å². The van der Waals surface area contributed by atoms with E-state index in [1.807, 2.05) is 0 Å². The maximum atomic E-state index is 12.9. The van der Waals surface area contributed by atoms with Gasteiger partial charge in [-0.25, -0.2) is 4.39 Å². The van der Waals surface area contributed by atoms with Crippen molar-refractivity contribution >= 4 is 24.0 Å². The lowest BCUT2D eigenvalue weighted by Gasteiger charge is -2.18. The van der Waals surface area contributed by atoms with Crippen LogP contribution >= 0.6 is 12.4 Å². The predicted molar refractivity (Wildman–Crippen MR) is 80.6 cm³/mol. The van der Waals surface area contributed by atoms with Crippen LogP contribution in [-0.2, 0) is 4.79 Å². The van der Waals surface area contributed by atoms with Gasteiger partial charge in [-0.1, -0.05) is 0 Å². The smallest absolute Gasteiger partial charge is 0.221 e. The summed E-state index contributed by atoms with van der Waals surface area (Å²) in [5.74, 6) is 0.253. The first-order valence-electron chi connectivity index (χ1n) is 6.66. The third-order valence-corrected chi connectivity index (χ3v) is 3.44. The lowest BCUT2D eigenvalue weighted by atomic mass is 10.1. The molecule has 4 nitrogen and oxygen atoms in total. The largest absolute Gasteiger partial charge is 0.371 e. The van der Waals surface area contributed by atoms with Gasteiger partial charge in [-0.3, -0.25) is 4.79 Å². The van der Waals surface area contributed by atoms with Crippen molar-refractivity contribution in [3.05, 3.63) is 30.1 Å². The van der Waals surface area contributed by atoms with Crippen LogP contribution in [0.15, 0.2) is 24.3 Å². The third kappa shape index (κ3) is 4.65. The summed E-state index contributed by atoms with van der Waals surface area (Å²) < 4.78 is 12.9. The number of nitrogens with one attached hydrogen (secondary N) is 1. The zero-order valence-corrected chi connectivity index (χ0v) is 12.2. The van der Waals surface area contributed by atoms with Gasteiger partial charge in [0.25, 0.3) is 0 Å². The molecule has 0 saturated carbocycles. The average molecular weight is 302 g/mol. The van der Waals surface area contributed by atoms with E-state index < -0.39 is 0 Å². The Bertz CT molecular complexity index is 427. The number of rotatable bonds is 5. The number of carbonyl (C=O) groups excluding carboxylic acids is 1. The fourth-order valence-electron chi connectivity index (χ4n) is 2.36. The summed E-state index contributed by atoms with van der Waals surface area (Å²) in [6, 6.07) is 6.55. The highest BCUT2D eigenvalue weighted by Crippen LogP contribution is 2.23. The van der Waals surface area contributed by atoms with Crippen LogP contribution in [0.4, 0.5) is 10.1 Å².